The highest BCUT2D eigenvalue weighted by Gasteiger charge is 2.30. The van der Waals surface area contributed by atoms with E-state index in [0.29, 0.717) is 19.5 Å². The van der Waals surface area contributed by atoms with Crippen molar-refractivity contribution in [1.82, 2.24) is 4.98 Å². The average Bonchev–Trinajstić information content (AvgIpc) is 3.01. The van der Waals surface area contributed by atoms with Crippen LogP contribution >= 0.6 is 0 Å². The van der Waals surface area contributed by atoms with Crippen molar-refractivity contribution >= 4 is 22.5 Å². The van der Waals surface area contributed by atoms with E-state index < -0.39 is 0 Å². The maximum absolute atomic E-state index is 12.0. The number of nitrogens with zero attached hydrogens (tertiary/aromatic N) is 4. The van der Waals surface area contributed by atoms with Gasteiger partial charge in [-0.25, -0.2) is 0 Å². The summed E-state index contributed by atoms with van der Waals surface area (Å²) in [6, 6.07) is 7.91. The monoisotopic (exact) mass is 255 g/mol. The number of rotatable bonds is 3. The maximum atomic E-state index is 12.0. The van der Waals surface area contributed by atoms with Gasteiger partial charge in [-0.15, -0.1) is 0 Å². The van der Waals surface area contributed by atoms with E-state index >= 15 is 0 Å². The van der Waals surface area contributed by atoms with Gasteiger partial charge in [0, 0.05) is 41.8 Å². The van der Waals surface area contributed by atoms with Gasteiger partial charge in [0.25, 0.3) is 0 Å². The number of carbonyl (C=O) groups excluding carboxylic acids is 1. The molecule has 6 heteroatoms. The van der Waals surface area contributed by atoms with E-state index in [9.17, 15) is 4.79 Å². The molecule has 1 aromatic carbocycles. The fourth-order valence-corrected chi connectivity index (χ4v) is 2.51. The second kappa shape index (κ2) is 4.66. The normalized spacial score (nSPS) is 18.8. The summed E-state index contributed by atoms with van der Waals surface area (Å²) in [5.41, 5.74) is 10.2. The van der Waals surface area contributed by atoms with E-state index in [1.165, 1.54) is 0 Å². The van der Waals surface area contributed by atoms with Crippen LogP contribution in [0.3, 0.4) is 0 Å². The molecule has 2 heterocycles. The number of benzene rings is 1. The highest BCUT2D eigenvalue weighted by Crippen LogP contribution is 2.27. The third kappa shape index (κ3) is 2.13. The molecule has 0 bridgehead atoms. The van der Waals surface area contributed by atoms with Crippen LogP contribution in [-0.4, -0.2) is 24.0 Å². The number of amides is 1. The van der Waals surface area contributed by atoms with Crippen molar-refractivity contribution < 1.29 is 4.79 Å². The Labute approximate surface area is 109 Å². The molecule has 1 saturated heterocycles. The summed E-state index contributed by atoms with van der Waals surface area (Å²) < 4.78 is 0. The van der Waals surface area contributed by atoms with Gasteiger partial charge < -0.3 is 9.88 Å². The molecule has 6 nitrogen and oxygen atoms in total. The number of fused-ring (bicyclic) bond motifs is 1. The minimum atomic E-state index is 0.0871. The van der Waals surface area contributed by atoms with E-state index in [1.54, 1.807) is 4.90 Å². The SMILES string of the molecule is [N-]=[N+]=NCC1CC(=O)N(c2ccc3cc[nH]c3c2)C1. The summed E-state index contributed by atoms with van der Waals surface area (Å²) in [6.07, 6.45) is 2.33. The number of H-pyrrole nitrogens is 1. The molecule has 1 unspecified atom stereocenters. The van der Waals surface area contributed by atoms with Gasteiger partial charge in [-0.1, -0.05) is 11.2 Å². The molecule has 96 valence electrons. The van der Waals surface area contributed by atoms with Gasteiger partial charge >= 0.3 is 0 Å². The van der Waals surface area contributed by atoms with Crippen molar-refractivity contribution in [2.24, 2.45) is 11.0 Å². The van der Waals surface area contributed by atoms with Gasteiger partial charge in [0.1, 0.15) is 0 Å². The van der Waals surface area contributed by atoms with E-state index in [2.05, 4.69) is 15.0 Å². The van der Waals surface area contributed by atoms with Crippen LogP contribution in [0.4, 0.5) is 5.69 Å². The van der Waals surface area contributed by atoms with Crippen LogP contribution in [0.15, 0.2) is 35.6 Å². The van der Waals surface area contributed by atoms with Gasteiger partial charge in [-0.2, -0.15) is 0 Å². The minimum Gasteiger partial charge on any atom is -0.361 e. The smallest absolute Gasteiger partial charge is 0.227 e. The molecule has 1 fully saturated rings. The molecule has 3 rings (SSSR count). The molecular formula is C13H13N5O. The first kappa shape index (κ1) is 11.6. The quantitative estimate of drug-likeness (QED) is 0.510. The fraction of sp³-hybridized carbons (Fsp3) is 0.308. The molecule has 1 aliphatic heterocycles. The summed E-state index contributed by atoms with van der Waals surface area (Å²) in [5, 5.41) is 4.68. The first-order chi connectivity index (χ1) is 9.28. The first-order valence-electron chi connectivity index (χ1n) is 6.16. The van der Waals surface area contributed by atoms with E-state index in [0.717, 1.165) is 16.6 Å². The van der Waals surface area contributed by atoms with E-state index in [1.807, 2.05) is 30.5 Å². The molecule has 1 aliphatic rings. The molecule has 19 heavy (non-hydrogen) atoms. The van der Waals surface area contributed by atoms with E-state index in [-0.39, 0.29) is 11.8 Å². The number of nitrogens with one attached hydrogen (secondary N) is 1. The molecule has 0 saturated carbocycles. The molecule has 1 amide bonds. The second-order valence-electron chi connectivity index (χ2n) is 4.74. The summed E-state index contributed by atoms with van der Waals surface area (Å²) in [4.78, 5) is 19.7. The molecule has 1 N–H and O–H groups in total. The Balaban J connectivity index is 1.85. The standard InChI is InChI=1S/C13H13N5O/c14-17-16-7-9-5-13(19)18(8-9)11-2-1-10-3-4-15-12(10)6-11/h1-4,6,9,15H,5,7-8H2. The van der Waals surface area contributed by atoms with Crippen LogP contribution in [0.1, 0.15) is 6.42 Å². The van der Waals surface area contributed by atoms with Crippen molar-refractivity contribution in [3.63, 3.8) is 0 Å². The topological polar surface area (TPSA) is 84.9 Å². The molecule has 0 spiro atoms. The third-order valence-electron chi connectivity index (χ3n) is 3.46. The lowest BCUT2D eigenvalue weighted by Crippen LogP contribution is -2.24. The Morgan fingerprint density at radius 2 is 2.37 bits per heavy atom. The first-order valence-corrected chi connectivity index (χ1v) is 6.16. The summed E-state index contributed by atoms with van der Waals surface area (Å²) in [5.74, 6) is 0.201. The lowest BCUT2D eigenvalue weighted by atomic mass is 10.1. The number of hydrogen-bond acceptors (Lipinski definition) is 2. The Morgan fingerprint density at radius 1 is 1.47 bits per heavy atom. The van der Waals surface area contributed by atoms with Crippen LogP contribution in [-0.2, 0) is 4.79 Å². The van der Waals surface area contributed by atoms with Crippen LogP contribution in [0.5, 0.6) is 0 Å². The summed E-state index contributed by atoms with van der Waals surface area (Å²) in [6.45, 7) is 0.994. The molecule has 0 radical (unpaired) electrons. The predicted molar refractivity (Wildman–Crippen MR) is 72.8 cm³/mol. The van der Waals surface area contributed by atoms with Crippen LogP contribution in [0.2, 0.25) is 0 Å². The number of anilines is 1. The van der Waals surface area contributed by atoms with Crippen LogP contribution in [0, 0.1) is 5.92 Å². The van der Waals surface area contributed by atoms with Crippen molar-refractivity contribution in [3.8, 4) is 0 Å². The Kier molecular flexibility index (Phi) is 2.85. The Morgan fingerprint density at radius 3 is 3.21 bits per heavy atom. The second-order valence-corrected chi connectivity index (χ2v) is 4.74. The number of carbonyl (C=O) groups is 1. The Bertz CT molecular complexity index is 670. The summed E-state index contributed by atoms with van der Waals surface area (Å²) >= 11 is 0. The molecular weight excluding hydrogens is 242 g/mol. The van der Waals surface area contributed by atoms with Gasteiger partial charge in [-0.3, -0.25) is 4.79 Å². The number of azide groups is 1. The zero-order valence-electron chi connectivity index (χ0n) is 10.3. The lowest BCUT2D eigenvalue weighted by Gasteiger charge is -2.16. The molecule has 1 atom stereocenters. The van der Waals surface area contributed by atoms with Crippen LogP contribution in [0.25, 0.3) is 21.3 Å². The third-order valence-corrected chi connectivity index (χ3v) is 3.46. The number of aromatic nitrogens is 1. The van der Waals surface area contributed by atoms with Gasteiger partial charge in [0.05, 0.1) is 0 Å². The zero-order valence-corrected chi connectivity index (χ0v) is 10.3. The van der Waals surface area contributed by atoms with Crippen molar-refractivity contribution in [3.05, 3.63) is 40.9 Å². The highest BCUT2D eigenvalue weighted by molar-refractivity contribution is 5.97. The average molecular weight is 255 g/mol. The molecule has 2 aromatic rings. The molecule has 0 aliphatic carbocycles. The lowest BCUT2D eigenvalue weighted by molar-refractivity contribution is -0.117. The minimum absolute atomic E-state index is 0.0871. The number of hydrogen-bond donors (Lipinski definition) is 1. The largest absolute Gasteiger partial charge is 0.361 e. The van der Waals surface area contributed by atoms with Crippen LogP contribution < -0.4 is 4.90 Å². The molecule has 1 aromatic heterocycles. The van der Waals surface area contributed by atoms with Crippen molar-refractivity contribution in [2.45, 2.75) is 6.42 Å². The van der Waals surface area contributed by atoms with Gasteiger partial charge in [0.2, 0.25) is 5.91 Å². The number of aromatic amines is 1. The Hall–Kier alpha value is -2.46. The van der Waals surface area contributed by atoms with Gasteiger partial charge in [0.15, 0.2) is 0 Å². The highest BCUT2D eigenvalue weighted by atomic mass is 16.2. The van der Waals surface area contributed by atoms with Crippen molar-refractivity contribution in [2.75, 3.05) is 18.0 Å². The zero-order chi connectivity index (χ0) is 13.2. The summed E-state index contributed by atoms with van der Waals surface area (Å²) in [7, 11) is 0. The fourth-order valence-electron chi connectivity index (χ4n) is 2.51. The maximum Gasteiger partial charge on any atom is 0.227 e. The van der Waals surface area contributed by atoms with E-state index in [4.69, 9.17) is 5.53 Å². The predicted octanol–water partition coefficient (Wildman–Crippen LogP) is 2.83. The van der Waals surface area contributed by atoms with Gasteiger partial charge in [-0.05, 0) is 35.0 Å². The van der Waals surface area contributed by atoms with Crippen molar-refractivity contribution in [1.29, 1.82) is 0 Å².